The van der Waals surface area contributed by atoms with Gasteiger partial charge >= 0.3 is 0 Å². The summed E-state index contributed by atoms with van der Waals surface area (Å²) in [5.74, 6) is 0.739. The van der Waals surface area contributed by atoms with E-state index in [1.807, 2.05) is 0 Å². The Bertz CT molecular complexity index is 1330. The molecule has 3 aromatic carbocycles. The first-order valence-electron chi connectivity index (χ1n) is 11.3. The molecule has 4 rings (SSSR count). The van der Waals surface area contributed by atoms with E-state index in [4.69, 9.17) is 28.8 Å². The average Bonchev–Trinajstić information content (AvgIpc) is 2.84. The Hall–Kier alpha value is -3.18. The quantitative estimate of drug-likeness (QED) is 0.386. The summed E-state index contributed by atoms with van der Waals surface area (Å²) < 4.78 is 65.9. The van der Waals surface area contributed by atoms with E-state index in [2.05, 4.69) is 0 Å². The first-order chi connectivity index (χ1) is 17.3. The minimum atomic E-state index is -3.76. The molecule has 1 aliphatic heterocycles. The van der Waals surface area contributed by atoms with Gasteiger partial charge in [0.05, 0.1) is 38.2 Å². The highest BCUT2D eigenvalue weighted by Crippen LogP contribution is 2.52. The van der Waals surface area contributed by atoms with Crippen LogP contribution in [0.5, 0.6) is 17.2 Å². The minimum absolute atomic E-state index is 0.297. The Morgan fingerprint density at radius 2 is 1.81 bits per heavy atom. The minimum Gasteiger partial charge on any atom is -0.492 e. The Morgan fingerprint density at radius 1 is 1.00 bits per heavy atom. The van der Waals surface area contributed by atoms with Gasteiger partial charge in [-0.2, -0.15) is 0 Å². The largest absolute Gasteiger partial charge is 0.492 e. The average molecular weight is 518 g/mol. The molecule has 8 nitrogen and oxygen atoms in total. The fourth-order valence-electron chi connectivity index (χ4n) is 4.16. The van der Waals surface area contributed by atoms with E-state index in [1.165, 1.54) is 19.2 Å². The lowest BCUT2D eigenvalue weighted by atomic mass is 9.88. The van der Waals surface area contributed by atoms with E-state index in [-0.39, 0.29) is 5.75 Å². The van der Waals surface area contributed by atoms with Crippen molar-refractivity contribution in [2.24, 2.45) is 5.14 Å². The molecule has 0 spiro atoms. The molecular formula is C26H28FNO7S. The van der Waals surface area contributed by atoms with Crippen molar-refractivity contribution < 1.29 is 36.5 Å². The molecule has 1 unspecified atom stereocenters. The number of nitrogens with two attached hydrogens (primary N) is 1. The number of hydrogen-bond donors (Lipinski definition) is 1. The van der Waals surface area contributed by atoms with Crippen LogP contribution in [0.4, 0.5) is 4.39 Å². The van der Waals surface area contributed by atoms with E-state index in [9.17, 15) is 12.8 Å². The van der Waals surface area contributed by atoms with Crippen LogP contribution in [0.15, 0.2) is 54.6 Å². The van der Waals surface area contributed by atoms with Gasteiger partial charge in [0.2, 0.25) is 10.0 Å². The van der Waals surface area contributed by atoms with Crippen molar-refractivity contribution in [3.05, 3.63) is 77.1 Å². The molecule has 0 saturated carbocycles. The van der Waals surface area contributed by atoms with Crippen LogP contribution in [0.1, 0.15) is 22.8 Å². The molecule has 0 saturated heterocycles. The van der Waals surface area contributed by atoms with Gasteiger partial charge < -0.3 is 23.7 Å². The predicted molar refractivity (Wildman–Crippen MR) is 132 cm³/mol. The molecule has 0 radical (unpaired) electrons. The smallest absolute Gasteiger partial charge is 0.213 e. The summed E-state index contributed by atoms with van der Waals surface area (Å²) in [7, 11) is -0.618. The molecular weight excluding hydrogens is 489 g/mol. The standard InChI is InChI=1S/C26H28FNO7S/c1-31-10-11-33-12-13-34-23-9-8-22-24(26(23)32-2)20-7-6-17(16-36(28,29)30)14-21(20)25(35-22)18-4-3-5-19(27)15-18/h3-9,14-15,25H,10-13,16H2,1-2H3,(H2,28,29,30). The number of methoxy groups -OCH3 is 2. The van der Waals surface area contributed by atoms with Crippen molar-refractivity contribution in [3.63, 3.8) is 0 Å². The van der Waals surface area contributed by atoms with E-state index >= 15 is 0 Å². The monoisotopic (exact) mass is 517 g/mol. The van der Waals surface area contributed by atoms with Crippen LogP contribution in [0.3, 0.4) is 0 Å². The summed E-state index contributed by atoms with van der Waals surface area (Å²) >= 11 is 0. The van der Waals surface area contributed by atoms with E-state index in [0.717, 1.165) is 5.56 Å². The molecule has 1 aliphatic rings. The van der Waals surface area contributed by atoms with Gasteiger partial charge in [-0.25, -0.2) is 17.9 Å². The zero-order valence-electron chi connectivity index (χ0n) is 20.0. The molecule has 1 atom stereocenters. The van der Waals surface area contributed by atoms with Crippen molar-refractivity contribution in [3.8, 4) is 28.4 Å². The second-order valence-electron chi connectivity index (χ2n) is 8.21. The molecule has 0 amide bonds. The van der Waals surface area contributed by atoms with Crippen molar-refractivity contribution in [1.29, 1.82) is 0 Å². The molecule has 2 N–H and O–H groups in total. The molecule has 10 heteroatoms. The van der Waals surface area contributed by atoms with Gasteiger partial charge in [0.1, 0.15) is 24.3 Å². The van der Waals surface area contributed by atoms with Gasteiger partial charge in [-0.15, -0.1) is 0 Å². The SMILES string of the molecule is COCCOCCOc1ccc2c(c1OC)-c1ccc(CS(N)(=O)=O)cc1C(c1cccc(F)c1)O2. The van der Waals surface area contributed by atoms with Gasteiger partial charge in [0.25, 0.3) is 0 Å². The molecule has 192 valence electrons. The highest BCUT2D eigenvalue weighted by Gasteiger charge is 2.32. The number of halogens is 1. The highest BCUT2D eigenvalue weighted by atomic mass is 32.2. The van der Waals surface area contributed by atoms with Gasteiger partial charge in [-0.05, 0) is 41.0 Å². The van der Waals surface area contributed by atoms with Crippen LogP contribution in [0.25, 0.3) is 11.1 Å². The maximum absolute atomic E-state index is 14.1. The summed E-state index contributed by atoms with van der Waals surface area (Å²) in [5, 5.41) is 5.27. The zero-order chi connectivity index (χ0) is 25.7. The Balaban J connectivity index is 1.74. The molecule has 0 aromatic heterocycles. The van der Waals surface area contributed by atoms with Crippen molar-refractivity contribution >= 4 is 10.0 Å². The normalized spacial score (nSPS) is 14.5. The fourth-order valence-corrected chi connectivity index (χ4v) is 4.80. The van der Waals surface area contributed by atoms with E-state index < -0.39 is 21.9 Å². The number of primary sulfonamides is 1. The van der Waals surface area contributed by atoms with Crippen molar-refractivity contribution in [1.82, 2.24) is 0 Å². The van der Waals surface area contributed by atoms with Crippen LogP contribution >= 0.6 is 0 Å². The van der Waals surface area contributed by atoms with Crippen LogP contribution in [-0.2, 0) is 25.2 Å². The third-order valence-corrected chi connectivity index (χ3v) is 6.37. The van der Waals surface area contributed by atoms with E-state index in [1.54, 1.807) is 49.6 Å². The van der Waals surface area contributed by atoms with Gasteiger partial charge in [-0.1, -0.05) is 30.3 Å². The lowest BCUT2D eigenvalue weighted by molar-refractivity contribution is 0.0540. The van der Waals surface area contributed by atoms with Crippen molar-refractivity contribution in [2.75, 3.05) is 40.6 Å². The summed E-state index contributed by atoms with van der Waals surface area (Å²) in [6, 6.07) is 14.8. The first kappa shape index (κ1) is 25.9. The summed E-state index contributed by atoms with van der Waals surface area (Å²) in [5.41, 5.74) is 3.14. The van der Waals surface area contributed by atoms with Gasteiger partial charge in [-0.3, -0.25) is 0 Å². The maximum Gasteiger partial charge on any atom is 0.213 e. The van der Waals surface area contributed by atoms with E-state index in [0.29, 0.717) is 65.9 Å². The lowest BCUT2D eigenvalue weighted by Gasteiger charge is -2.31. The Kier molecular flexibility index (Phi) is 8.10. The molecule has 36 heavy (non-hydrogen) atoms. The Morgan fingerprint density at radius 3 is 2.53 bits per heavy atom. The predicted octanol–water partition coefficient (Wildman–Crippen LogP) is 3.81. The third-order valence-electron chi connectivity index (χ3n) is 5.64. The second-order valence-corrected chi connectivity index (χ2v) is 9.82. The third kappa shape index (κ3) is 5.96. The summed E-state index contributed by atoms with van der Waals surface area (Å²) in [6.07, 6.45) is -0.672. The van der Waals surface area contributed by atoms with Crippen LogP contribution in [0.2, 0.25) is 0 Å². The van der Waals surface area contributed by atoms with Crippen LogP contribution in [-0.4, -0.2) is 49.1 Å². The summed E-state index contributed by atoms with van der Waals surface area (Å²) in [6.45, 7) is 1.63. The number of ether oxygens (including phenoxy) is 5. The number of hydrogen-bond acceptors (Lipinski definition) is 7. The summed E-state index contributed by atoms with van der Waals surface area (Å²) in [4.78, 5) is 0. The number of fused-ring (bicyclic) bond motifs is 3. The number of benzene rings is 3. The highest BCUT2D eigenvalue weighted by molar-refractivity contribution is 7.88. The molecule has 3 aromatic rings. The van der Waals surface area contributed by atoms with Crippen LogP contribution in [0, 0.1) is 5.82 Å². The first-order valence-corrected chi connectivity index (χ1v) is 13.0. The molecule has 0 bridgehead atoms. The number of sulfonamides is 1. The van der Waals surface area contributed by atoms with Crippen molar-refractivity contribution in [2.45, 2.75) is 11.9 Å². The lowest BCUT2D eigenvalue weighted by Crippen LogP contribution is -2.18. The zero-order valence-corrected chi connectivity index (χ0v) is 20.8. The molecule has 1 heterocycles. The molecule has 0 aliphatic carbocycles. The maximum atomic E-state index is 14.1. The molecule has 0 fully saturated rings. The van der Waals surface area contributed by atoms with Gasteiger partial charge in [0.15, 0.2) is 11.5 Å². The fraction of sp³-hybridized carbons (Fsp3) is 0.308. The number of rotatable bonds is 11. The Labute approximate surface area is 209 Å². The second kappa shape index (κ2) is 11.3. The van der Waals surface area contributed by atoms with Gasteiger partial charge in [0, 0.05) is 12.7 Å². The topological polar surface area (TPSA) is 106 Å². The van der Waals surface area contributed by atoms with Crippen LogP contribution < -0.4 is 19.3 Å².